The highest BCUT2D eigenvalue weighted by atomic mass is 32.1. The summed E-state index contributed by atoms with van der Waals surface area (Å²) in [6.07, 6.45) is 5.22. The van der Waals surface area contributed by atoms with E-state index in [-0.39, 0.29) is 0 Å². The van der Waals surface area contributed by atoms with Gasteiger partial charge in [-0.25, -0.2) is 9.97 Å². The molecule has 4 rings (SSSR count). The fourth-order valence-electron chi connectivity index (χ4n) is 2.89. The van der Waals surface area contributed by atoms with Gasteiger partial charge >= 0.3 is 0 Å². The van der Waals surface area contributed by atoms with E-state index in [0.717, 1.165) is 57.8 Å². The Kier molecular flexibility index (Phi) is 5.25. The molecule has 0 N–H and O–H groups in total. The zero-order chi connectivity index (χ0) is 19.5. The zero-order valence-electron chi connectivity index (χ0n) is 16.1. The van der Waals surface area contributed by atoms with Gasteiger partial charge in [-0.15, -0.1) is 21.5 Å². The van der Waals surface area contributed by atoms with Gasteiger partial charge in [-0.05, 0) is 25.5 Å². The summed E-state index contributed by atoms with van der Waals surface area (Å²) in [5, 5.41) is 14.0. The Morgan fingerprint density at radius 1 is 1.29 bits per heavy atom. The van der Waals surface area contributed by atoms with Gasteiger partial charge in [0.15, 0.2) is 11.6 Å². The first kappa shape index (κ1) is 18.4. The fourth-order valence-corrected chi connectivity index (χ4v) is 3.87. The summed E-state index contributed by atoms with van der Waals surface area (Å²) in [6, 6.07) is 3.89. The molecule has 1 aliphatic heterocycles. The van der Waals surface area contributed by atoms with Crippen LogP contribution >= 0.6 is 11.3 Å². The van der Waals surface area contributed by atoms with Crippen molar-refractivity contribution >= 4 is 22.9 Å². The lowest BCUT2D eigenvalue weighted by Crippen LogP contribution is -2.31. The van der Waals surface area contributed by atoms with Crippen molar-refractivity contribution in [2.24, 2.45) is 5.16 Å². The van der Waals surface area contributed by atoms with Crippen LogP contribution in [0.15, 0.2) is 29.7 Å². The Balaban J connectivity index is 1.73. The van der Waals surface area contributed by atoms with Gasteiger partial charge in [0.05, 0.1) is 10.6 Å². The summed E-state index contributed by atoms with van der Waals surface area (Å²) in [6.45, 7) is 5.40. The molecular weight excluding hydrogens is 374 g/mol. The number of aryl methyl sites for hydroxylation is 1. The van der Waals surface area contributed by atoms with Gasteiger partial charge < -0.3 is 9.74 Å². The van der Waals surface area contributed by atoms with Crippen molar-refractivity contribution in [2.75, 3.05) is 25.1 Å². The number of aromatic nitrogens is 5. The summed E-state index contributed by atoms with van der Waals surface area (Å²) in [5.41, 5.74) is 3.39. The molecule has 0 aliphatic carbocycles. The van der Waals surface area contributed by atoms with E-state index >= 15 is 0 Å². The molecule has 0 radical (unpaired) electrons. The summed E-state index contributed by atoms with van der Waals surface area (Å²) < 4.78 is 0. The number of oxime groups is 1. The first-order valence-corrected chi connectivity index (χ1v) is 10.0. The molecule has 0 bridgehead atoms. The predicted molar refractivity (Wildman–Crippen MR) is 110 cm³/mol. The molecule has 0 aromatic carbocycles. The number of hydrogen-bond acceptors (Lipinski definition) is 9. The Labute approximate surface area is 167 Å². The van der Waals surface area contributed by atoms with E-state index in [1.54, 1.807) is 12.4 Å². The second-order valence-corrected chi connectivity index (χ2v) is 7.52. The number of pyridine rings is 1. The fraction of sp³-hybridized carbons (Fsp3) is 0.368. The Hall–Kier alpha value is -2.94. The molecule has 9 heteroatoms. The molecular formula is C19H21N7OS. The van der Waals surface area contributed by atoms with Crippen molar-refractivity contribution in [3.8, 4) is 21.3 Å². The van der Waals surface area contributed by atoms with Crippen LogP contribution in [-0.4, -0.2) is 51.1 Å². The van der Waals surface area contributed by atoms with Crippen LogP contribution in [0.2, 0.25) is 0 Å². The maximum atomic E-state index is 5.41. The second-order valence-electron chi connectivity index (χ2n) is 6.53. The quantitative estimate of drug-likeness (QED) is 0.483. The second kappa shape index (κ2) is 7.97. The largest absolute Gasteiger partial charge is 0.396 e. The third kappa shape index (κ3) is 3.57. The Morgan fingerprint density at radius 2 is 2.18 bits per heavy atom. The first-order chi connectivity index (χ1) is 13.7. The lowest BCUT2D eigenvalue weighted by Gasteiger charge is -2.25. The third-order valence-electron chi connectivity index (χ3n) is 4.37. The van der Waals surface area contributed by atoms with E-state index in [4.69, 9.17) is 9.82 Å². The molecule has 0 unspecified atom stereocenters. The van der Waals surface area contributed by atoms with Crippen LogP contribution in [0.5, 0.6) is 0 Å². The van der Waals surface area contributed by atoms with Crippen LogP contribution in [0, 0.1) is 6.92 Å². The van der Waals surface area contributed by atoms with E-state index in [2.05, 4.69) is 32.2 Å². The van der Waals surface area contributed by atoms with E-state index in [0.29, 0.717) is 12.4 Å². The highest BCUT2D eigenvalue weighted by Gasteiger charge is 2.26. The monoisotopic (exact) mass is 395 g/mol. The lowest BCUT2D eigenvalue weighted by molar-refractivity contribution is 0.144. The van der Waals surface area contributed by atoms with Crippen molar-refractivity contribution in [2.45, 2.75) is 26.7 Å². The molecule has 4 heterocycles. The zero-order valence-corrected chi connectivity index (χ0v) is 16.9. The Bertz CT molecular complexity index is 1000. The number of anilines is 1. The number of thiazole rings is 1. The molecule has 0 saturated carbocycles. The van der Waals surface area contributed by atoms with Crippen LogP contribution in [-0.2, 0) is 4.84 Å². The van der Waals surface area contributed by atoms with Gasteiger partial charge in [0.1, 0.15) is 23.0 Å². The molecule has 8 nitrogen and oxygen atoms in total. The summed E-state index contributed by atoms with van der Waals surface area (Å²) in [5.74, 6) is 1.28. The topological polar surface area (TPSA) is 89.3 Å². The number of fused-ring (bicyclic) bond motifs is 1. The molecule has 0 amide bonds. The minimum atomic E-state index is 0.558. The van der Waals surface area contributed by atoms with E-state index in [1.807, 2.05) is 31.0 Å². The maximum absolute atomic E-state index is 5.41. The molecule has 0 saturated heterocycles. The molecule has 144 valence electrons. The number of hydrogen-bond donors (Lipinski definition) is 0. The highest BCUT2D eigenvalue weighted by Crippen LogP contribution is 2.34. The van der Waals surface area contributed by atoms with Gasteiger partial charge in [-0.3, -0.25) is 4.98 Å². The summed E-state index contributed by atoms with van der Waals surface area (Å²) in [4.78, 5) is 22.0. The molecule has 3 aromatic heterocycles. The first-order valence-electron chi connectivity index (χ1n) is 9.20. The van der Waals surface area contributed by atoms with Crippen LogP contribution in [0.4, 0.5) is 5.82 Å². The maximum Gasteiger partial charge on any atom is 0.194 e. The molecule has 0 fully saturated rings. The van der Waals surface area contributed by atoms with Crippen LogP contribution in [0.1, 0.15) is 31.2 Å². The normalized spacial score (nSPS) is 15.0. The number of nitrogens with zero attached hydrogens (tertiary/aromatic N) is 7. The van der Waals surface area contributed by atoms with Crippen molar-refractivity contribution in [3.63, 3.8) is 0 Å². The molecule has 0 spiro atoms. The molecule has 3 aromatic rings. The van der Waals surface area contributed by atoms with Crippen LogP contribution in [0.3, 0.4) is 0 Å². The lowest BCUT2D eigenvalue weighted by atomic mass is 10.1. The molecule has 1 aliphatic rings. The number of rotatable bonds is 5. The highest BCUT2D eigenvalue weighted by molar-refractivity contribution is 7.18. The summed E-state index contributed by atoms with van der Waals surface area (Å²) >= 11 is 1.54. The van der Waals surface area contributed by atoms with Gasteiger partial charge in [0.25, 0.3) is 0 Å². The SMILES string of the molecule is CCCON=C1CCN(C)c2nnc(-c3sc(-c4cccnc4)nc3C)nc21. The van der Waals surface area contributed by atoms with Gasteiger partial charge in [0.2, 0.25) is 0 Å². The van der Waals surface area contributed by atoms with E-state index in [9.17, 15) is 0 Å². The van der Waals surface area contributed by atoms with Crippen LogP contribution in [0.25, 0.3) is 21.3 Å². The molecule has 0 atom stereocenters. The van der Waals surface area contributed by atoms with Crippen molar-refractivity contribution < 1.29 is 4.84 Å². The molecule has 28 heavy (non-hydrogen) atoms. The standard InChI is InChI=1S/C19H21N7OS/c1-4-10-27-25-14-7-9-26(3)18-15(14)22-17(23-24-18)16-12(2)21-19(28-16)13-6-5-8-20-11-13/h5-6,8,11H,4,7,9-10H2,1-3H3. The van der Waals surface area contributed by atoms with E-state index in [1.165, 1.54) is 11.3 Å². The van der Waals surface area contributed by atoms with Gasteiger partial charge in [-0.1, -0.05) is 12.1 Å². The Morgan fingerprint density at radius 3 is 2.96 bits per heavy atom. The minimum absolute atomic E-state index is 0.558. The third-order valence-corrected chi connectivity index (χ3v) is 5.57. The smallest absolute Gasteiger partial charge is 0.194 e. The van der Waals surface area contributed by atoms with Crippen molar-refractivity contribution in [3.05, 3.63) is 35.9 Å². The van der Waals surface area contributed by atoms with E-state index < -0.39 is 0 Å². The summed E-state index contributed by atoms with van der Waals surface area (Å²) in [7, 11) is 1.98. The van der Waals surface area contributed by atoms with Gasteiger partial charge in [-0.2, -0.15) is 0 Å². The average molecular weight is 395 g/mol. The predicted octanol–water partition coefficient (Wildman–Crippen LogP) is 3.34. The van der Waals surface area contributed by atoms with Crippen molar-refractivity contribution in [1.29, 1.82) is 0 Å². The van der Waals surface area contributed by atoms with Gasteiger partial charge in [0, 0.05) is 38.0 Å². The van der Waals surface area contributed by atoms with Crippen molar-refractivity contribution in [1.82, 2.24) is 25.1 Å². The van der Waals surface area contributed by atoms with Crippen LogP contribution < -0.4 is 4.90 Å². The average Bonchev–Trinajstić information content (AvgIpc) is 3.12. The minimum Gasteiger partial charge on any atom is -0.396 e.